The van der Waals surface area contributed by atoms with E-state index in [2.05, 4.69) is 5.32 Å². The quantitative estimate of drug-likeness (QED) is 0.760. The van der Waals surface area contributed by atoms with Gasteiger partial charge in [-0.2, -0.15) is 0 Å². The van der Waals surface area contributed by atoms with E-state index in [0.29, 0.717) is 34.9 Å². The lowest BCUT2D eigenvalue weighted by Gasteiger charge is -2.17. The first kappa shape index (κ1) is 17.3. The van der Waals surface area contributed by atoms with Crippen LogP contribution >= 0.6 is 11.6 Å². The van der Waals surface area contributed by atoms with Crippen molar-refractivity contribution in [1.82, 2.24) is 14.8 Å². The van der Waals surface area contributed by atoms with Crippen LogP contribution in [0.1, 0.15) is 15.9 Å². The second-order valence-corrected chi connectivity index (χ2v) is 6.28. The fourth-order valence-corrected chi connectivity index (χ4v) is 2.85. The summed E-state index contributed by atoms with van der Waals surface area (Å²) < 4.78 is 6.80. The lowest BCUT2D eigenvalue weighted by atomic mass is 10.1. The third-order valence-corrected chi connectivity index (χ3v) is 4.14. The first-order valence-corrected chi connectivity index (χ1v) is 8.14. The monoisotopic (exact) mass is 359 g/mol. The SMILES string of the molecule is CNC(=O)c1ccc(CN(C)Cn2c(=O)oc3cc(Cl)ccc32)cc1. The van der Waals surface area contributed by atoms with E-state index in [-0.39, 0.29) is 5.91 Å². The molecule has 0 aliphatic heterocycles. The summed E-state index contributed by atoms with van der Waals surface area (Å²) in [5.74, 6) is -0.533. The summed E-state index contributed by atoms with van der Waals surface area (Å²) in [6.07, 6.45) is 0. The molecule has 0 bridgehead atoms. The number of carbonyl (C=O) groups is 1. The van der Waals surface area contributed by atoms with Crippen LogP contribution in [0.3, 0.4) is 0 Å². The Balaban J connectivity index is 1.75. The van der Waals surface area contributed by atoms with Gasteiger partial charge in [-0.3, -0.25) is 14.3 Å². The van der Waals surface area contributed by atoms with Gasteiger partial charge < -0.3 is 9.73 Å². The molecule has 0 radical (unpaired) electrons. The van der Waals surface area contributed by atoms with Crippen LogP contribution in [0.5, 0.6) is 0 Å². The van der Waals surface area contributed by atoms with Crippen molar-refractivity contribution in [3.63, 3.8) is 0 Å². The normalized spacial score (nSPS) is 11.2. The third kappa shape index (κ3) is 3.75. The molecule has 0 aliphatic carbocycles. The molecule has 0 aliphatic rings. The van der Waals surface area contributed by atoms with Gasteiger partial charge in [-0.05, 0) is 36.9 Å². The first-order chi connectivity index (χ1) is 12.0. The standard InChI is InChI=1S/C18H18ClN3O3/c1-20-17(23)13-5-3-12(4-6-13)10-21(2)11-22-15-8-7-14(19)9-16(15)25-18(22)24/h3-9H,10-11H2,1-2H3,(H,20,23). The maximum Gasteiger partial charge on any atom is 0.421 e. The Hall–Kier alpha value is -2.57. The van der Waals surface area contributed by atoms with E-state index >= 15 is 0 Å². The highest BCUT2D eigenvalue weighted by Gasteiger charge is 2.12. The average molecular weight is 360 g/mol. The van der Waals surface area contributed by atoms with Crippen molar-refractivity contribution in [3.8, 4) is 0 Å². The van der Waals surface area contributed by atoms with E-state index in [1.165, 1.54) is 0 Å². The Bertz CT molecular complexity index is 960. The van der Waals surface area contributed by atoms with Crippen LogP contribution < -0.4 is 11.1 Å². The molecule has 0 fully saturated rings. The third-order valence-electron chi connectivity index (χ3n) is 3.91. The number of carbonyl (C=O) groups excluding carboxylic acids is 1. The molecule has 0 unspecified atom stereocenters. The molecule has 6 nitrogen and oxygen atoms in total. The van der Waals surface area contributed by atoms with Gasteiger partial charge in [0.15, 0.2) is 5.58 Å². The lowest BCUT2D eigenvalue weighted by Crippen LogP contribution is -2.27. The highest BCUT2D eigenvalue weighted by molar-refractivity contribution is 6.31. The zero-order valence-corrected chi connectivity index (χ0v) is 14.7. The second-order valence-electron chi connectivity index (χ2n) is 5.84. The van der Waals surface area contributed by atoms with Gasteiger partial charge in [-0.1, -0.05) is 23.7 Å². The molecule has 1 aromatic heterocycles. The van der Waals surface area contributed by atoms with E-state index in [1.54, 1.807) is 41.9 Å². The molecule has 1 heterocycles. The minimum absolute atomic E-state index is 0.116. The van der Waals surface area contributed by atoms with Crippen molar-refractivity contribution in [2.75, 3.05) is 14.1 Å². The number of hydrogen-bond acceptors (Lipinski definition) is 4. The average Bonchev–Trinajstić information content (AvgIpc) is 2.89. The number of nitrogens with zero attached hydrogens (tertiary/aromatic N) is 2. The van der Waals surface area contributed by atoms with Gasteiger partial charge in [0.25, 0.3) is 5.91 Å². The lowest BCUT2D eigenvalue weighted by molar-refractivity contribution is 0.0963. The molecule has 130 valence electrons. The van der Waals surface area contributed by atoms with Crippen molar-refractivity contribution >= 4 is 28.6 Å². The molecule has 3 rings (SSSR count). The predicted octanol–water partition coefficient (Wildman–Crippen LogP) is 2.70. The van der Waals surface area contributed by atoms with Gasteiger partial charge in [-0.15, -0.1) is 0 Å². The van der Waals surface area contributed by atoms with Crippen molar-refractivity contribution in [2.45, 2.75) is 13.2 Å². The molecule has 0 spiro atoms. The highest BCUT2D eigenvalue weighted by Crippen LogP contribution is 2.18. The fraction of sp³-hybridized carbons (Fsp3) is 0.222. The second kappa shape index (κ2) is 7.13. The Labute approximate surface area is 149 Å². The number of rotatable bonds is 5. The summed E-state index contributed by atoms with van der Waals surface area (Å²) in [7, 11) is 3.51. The molecular weight excluding hydrogens is 342 g/mol. The molecule has 1 amide bonds. The summed E-state index contributed by atoms with van der Waals surface area (Å²) in [5.41, 5.74) is 2.83. The summed E-state index contributed by atoms with van der Waals surface area (Å²) in [4.78, 5) is 25.6. The predicted molar refractivity (Wildman–Crippen MR) is 96.8 cm³/mol. The zero-order valence-electron chi connectivity index (χ0n) is 14.0. The van der Waals surface area contributed by atoms with Crippen molar-refractivity contribution in [1.29, 1.82) is 0 Å². The number of fused-ring (bicyclic) bond motifs is 1. The van der Waals surface area contributed by atoms with E-state index < -0.39 is 5.76 Å². The van der Waals surface area contributed by atoms with Gasteiger partial charge in [0.2, 0.25) is 0 Å². The Morgan fingerprint density at radius 1 is 1.24 bits per heavy atom. The Morgan fingerprint density at radius 2 is 1.96 bits per heavy atom. The number of halogens is 1. The van der Waals surface area contributed by atoms with E-state index in [9.17, 15) is 9.59 Å². The summed E-state index contributed by atoms with van der Waals surface area (Å²) in [6, 6.07) is 12.5. The highest BCUT2D eigenvalue weighted by atomic mass is 35.5. The van der Waals surface area contributed by atoms with Crippen LogP contribution in [-0.2, 0) is 13.2 Å². The van der Waals surface area contributed by atoms with E-state index in [0.717, 1.165) is 5.56 Å². The number of benzene rings is 2. The minimum atomic E-state index is -0.418. The Kier molecular flexibility index (Phi) is 4.92. The number of hydrogen-bond donors (Lipinski definition) is 1. The van der Waals surface area contributed by atoms with Crippen molar-refractivity contribution < 1.29 is 9.21 Å². The first-order valence-electron chi connectivity index (χ1n) is 7.76. The van der Waals surface area contributed by atoms with Gasteiger partial charge in [0, 0.05) is 30.2 Å². The molecule has 0 atom stereocenters. The topological polar surface area (TPSA) is 67.5 Å². The maximum atomic E-state index is 12.1. The molecule has 0 saturated carbocycles. The summed E-state index contributed by atoms with van der Waals surface area (Å²) in [6.45, 7) is 1.01. The number of oxazole rings is 1. The van der Waals surface area contributed by atoms with Crippen LogP contribution in [0.25, 0.3) is 11.1 Å². The molecule has 3 aromatic rings. The van der Waals surface area contributed by atoms with Crippen LogP contribution in [-0.4, -0.2) is 29.5 Å². The van der Waals surface area contributed by atoms with Gasteiger partial charge in [0.1, 0.15) is 0 Å². The van der Waals surface area contributed by atoms with Crippen molar-refractivity contribution in [3.05, 3.63) is 69.2 Å². The molecule has 7 heteroatoms. The molecular formula is C18H18ClN3O3. The smallest absolute Gasteiger partial charge is 0.408 e. The van der Waals surface area contributed by atoms with E-state index in [4.69, 9.17) is 16.0 Å². The summed E-state index contributed by atoms with van der Waals surface area (Å²) in [5, 5.41) is 3.12. The molecule has 0 saturated heterocycles. The van der Waals surface area contributed by atoms with Crippen LogP contribution in [0.15, 0.2) is 51.7 Å². The molecule has 2 aromatic carbocycles. The van der Waals surface area contributed by atoms with Crippen LogP contribution in [0.2, 0.25) is 5.02 Å². The van der Waals surface area contributed by atoms with Crippen molar-refractivity contribution in [2.24, 2.45) is 0 Å². The van der Waals surface area contributed by atoms with Crippen LogP contribution in [0, 0.1) is 0 Å². The van der Waals surface area contributed by atoms with E-state index in [1.807, 2.05) is 24.1 Å². The summed E-state index contributed by atoms with van der Waals surface area (Å²) >= 11 is 5.93. The molecule has 25 heavy (non-hydrogen) atoms. The maximum absolute atomic E-state index is 12.1. The van der Waals surface area contributed by atoms with Crippen LogP contribution in [0.4, 0.5) is 0 Å². The minimum Gasteiger partial charge on any atom is -0.408 e. The van der Waals surface area contributed by atoms with Gasteiger partial charge in [-0.25, -0.2) is 4.79 Å². The molecule has 1 N–H and O–H groups in total. The largest absolute Gasteiger partial charge is 0.421 e. The number of amides is 1. The zero-order chi connectivity index (χ0) is 18.0. The Morgan fingerprint density at radius 3 is 2.64 bits per heavy atom. The van der Waals surface area contributed by atoms with Gasteiger partial charge >= 0.3 is 5.76 Å². The van der Waals surface area contributed by atoms with Gasteiger partial charge in [0.05, 0.1) is 12.2 Å². The fourth-order valence-electron chi connectivity index (χ4n) is 2.68. The number of aromatic nitrogens is 1. The number of nitrogens with one attached hydrogen (secondary N) is 1.